The summed E-state index contributed by atoms with van der Waals surface area (Å²) in [7, 11) is 0. The molecule has 1 amide bonds. The van der Waals surface area contributed by atoms with Crippen LogP contribution >= 0.6 is 36.2 Å². The Balaban J connectivity index is 0.00000169. The minimum atomic E-state index is 0. The van der Waals surface area contributed by atoms with Crippen molar-refractivity contribution in [1.29, 1.82) is 0 Å². The van der Waals surface area contributed by atoms with E-state index in [-0.39, 0.29) is 30.9 Å². The molecule has 0 bridgehead atoms. The minimum Gasteiger partial charge on any atom is -0.343 e. The Bertz CT molecular complexity index is 651. The van der Waals surface area contributed by atoms with Crippen LogP contribution in [0.2, 0.25) is 0 Å². The lowest BCUT2D eigenvalue weighted by atomic mass is 9.91. The van der Waals surface area contributed by atoms with Crippen LogP contribution in [0.15, 0.2) is 24.3 Å². The number of likely N-dealkylation sites (tertiary alicyclic amines) is 1. The molecule has 0 radical (unpaired) electrons. The maximum atomic E-state index is 12.3. The Morgan fingerprint density at radius 1 is 1.27 bits per heavy atom. The molecule has 1 aliphatic rings. The van der Waals surface area contributed by atoms with E-state index in [4.69, 9.17) is 5.73 Å². The molecule has 1 aliphatic heterocycles. The standard InChI is InChI=1S/C19H27N3OS.2ClH/c1-14(20)15-10-12-22(13-11-15)19(23)9-5-4-8-18-21-16-6-2-3-7-17(16)24-18;;/h2-3,6-7,14-15H,4-5,8-13,20H2,1H3;2*1H. The summed E-state index contributed by atoms with van der Waals surface area (Å²) in [6, 6.07) is 8.50. The van der Waals surface area contributed by atoms with Crippen molar-refractivity contribution >= 4 is 52.3 Å². The number of thiazole rings is 1. The fourth-order valence-corrected chi connectivity index (χ4v) is 4.42. The van der Waals surface area contributed by atoms with Crippen LogP contribution in [0.3, 0.4) is 0 Å². The molecule has 146 valence electrons. The van der Waals surface area contributed by atoms with Gasteiger partial charge in [-0.2, -0.15) is 0 Å². The van der Waals surface area contributed by atoms with E-state index in [0.29, 0.717) is 18.2 Å². The third-order valence-electron chi connectivity index (χ3n) is 5.01. The van der Waals surface area contributed by atoms with Gasteiger partial charge in [-0.05, 0) is 57.1 Å². The van der Waals surface area contributed by atoms with Crippen molar-refractivity contribution in [3.8, 4) is 0 Å². The number of nitrogens with zero attached hydrogens (tertiary/aromatic N) is 2. The quantitative estimate of drug-likeness (QED) is 0.706. The van der Waals surface area contributed by atoms with Crippen LogP contribution in [-0.4, -0.2) is 34.9 Å². The van der Waals surface area contributed by atoms with Gasteiger partial charge in [-0.15, -0.1) is 36.2 Å². The third kappa shape index (κ3) is 6.08. The van der Waals surface area contributed by atoms with Crippen molar-refractivity contribution < 1.29 is 4.79 Å². The molecular formula is C19H29Cl2N3OS. The molecule has 26 heavy (non-hydrogen) atoms. The van der Waals surface area contributed by atoms with E-state index in [1.807, 2.05) is 11.0 Å². The molecule has 1 aromatic heterocycles. The van der Waals surface area contributed by atoms with Gasteiger partial charge in [0.15, 0.2) is 0 Å². The van der Waals surface area contributed by atoms with Crippen LogP contribution in [0.5, 0.6) is 0 Å². The van der Waals surface area contributed by atoms with E-state index in [1.165, 1.54) is 9.71 Å². The fourth-order valence-electron chi connectivity index (χ4n) is 3.41. The van der Waals surface area contributed by atoms with Crippen molar-refractivity contribution in [2.75, 3.05) is 13.1 Å². The first kappa shape index (κ1) is 23.2. The number of para-hydroxylation sites is 1. The van der Waals surface area contributed by atoms with E-state index in [0.717, 1.165) is 50.7 Å². The Morgan fingerprint density at radius 3 is 2.62 bits per heavy atom. The van der Waals surface area contributed by atoms with Gasteiger partial charge in [0.2, 0.25) is 5.91 Å². The molecule has 1 atom stereocenters. The molecule has 3 rings (SSSR count). The number of piperidine rings is 1. The third-order valence-corrected chi connectivity index (χ3v) is 6.10. The molecule has 7 heteroatoms. The van der Waals surface area contributed by atoms with E-state index in [2.05, 4.69) is 30.1 Å². The van der Waals surface area contributed by atoms with Gasteiger partial charge in [0.1, 0.15) is 0 Å². The maximum Gasteiger partial charge on any atom is 0.222 e. The second-order valence-electron chi connectivity index (χ2n) is 6.86. The number of carbonyl (C=O) groups excluding carboxylic acids is 1. The van der Waals surface area contributed by atoms with Gasteiger partial charge in [0.05, 0.1) is 15.2 Å². The highest BCUT2D eigenvalue weighted by Gasteiger charge is 2.24. The number of fused-ring (bicyclic) bond motifs is 1. The number of halogens is 2. The maximum absolute atomic E-state index is 12.3. The number of amides is 1. The highest BCUT2D eigenvalue weighted by atomic mass is 35.5. The number of rotatable bonds is 6. The highest BCUT2D eigenvalue weighted by molar-refractivity contribution is 7.18. The topological polar surface area (TPSA) is 59.2 Å². The average Bonchev–Trinajstić information content (AvgIpc) is 3.01. The summed E-state index contributed by atoms with van der Waals surface area (Å²) in [6.07, 6.45) is 5.71. The molecule has 4 nitrogen and oxygen atoms in total. The average molecular weight is 418 g/mol. The van der Waals surface area contributed by atoms with Crippen LogP contribution in [0, 0.1) is 5.92 Å². The number of hydrogen-bond donors (Lipinski definition) is 1. The number of nitrogens with two attached hydrogens (primary N) is 1. The monoisotopic (exact) mass is 417 g/mol. The molecule has 2 heterocycles. The summed E-state index contributed by atoms with van der Waals surface area (Å²) in [5.41, 5.74) is 7.05. The van der Waals surface area contributed by atoms with Crippen LogP contribution < -0.4 is 5.73 Å². The second kappa shape index (κ2) is 11.1. The first-order valence-corrected chi connectivity index (χ1v) is 9.83. The molecule has 0 aliphatic carbocycles. The zero-order chi connectivity index (χ0) is 16.9. The van der Waals surface area contributed by atoms with E-state index in [9.17, 15) is 4.79 Å². The predicted molar refractivity (Wildman–Crippen MR) is 115 cm³/mol. The van der Waals surface area contributed by atoms with Gasteiger partial charge in [-0.1, -0.05) is 12.1 Å². The second-order valence-corrected chi connectivity index (χ2v) is 7.97. The summed E-state index contributed by atoms with van der Waals surface area (Å²) >= 11 is 1.77. The Kier molecular flexibility index (Phi) is 9.86. The minimum absolute atomic E-state index is 0. The number of unbranched alkanes of at least 4 members (excludes halogenated alkanes) is 1. The number of benzene rings is 1. The first-order chi connectivity index (χ1) is 11.6. The highest BCUT2D eigenvalue weighted by Crippen LogP contribution is 2.23. The van der Waals surface area contributed by atoms with Crippen LogP contribution in [-0.2, 0) is 11.2 Å². The lowest BCUT2D eigenvalue weighted by Crippen LogP contribution is -2.42. The molecule has 1 fully saturated rings. The number of carbonyl (C=O) groups is 1. The van der Waals surface area contributed by atoms with Crippen molar-refractivity contribution in [2.45, 2.75) is 51.5 Å². The predicted octanol–water partition coefficient (Wildman–Crippen LogP) is 4.44. The summed E-state index contributed by atoms with van der Waals surface area (Å²) in [5.74, 6) is 0.885. The Hall–Kier alpha value is -0.880. The molecule has 1 aromatic carbocycles. The first-order valence-electron chi connectivity index (χ1n) is 9.01. The van der Waals surface area contributed by atoms with Gasteiger partial charge in [0.25, 0.3) is 0 Å². The van der Waals surface area contributed by atoms with Crippen molar-refractivity contribution in [1.82, 2.24) is 9.88 Å². The van der Waals surface area contributed by atoms with E-state index < -0.39 is 0 Å². The molecule has 2 N–H and O–H groups in total. The van der Waals surface area contributed by atoms with Crippen molar-refractivity contribution in [3.63, 3.8) is 0 Å². The summed E-state index contributed by atoms with van der Waals surface area (Å²) in [6.45, 7) is 3.83. The number of aryl methyl sites for hydroxylation is 1. The van der Waals surface area contributed by atoms with Crippen LogP contribution in [0.1, 0.15) is 44.0 Å². The van der Waals surface area contributed by atoms with Gasteiger partial charge in [0, 0.05) is 25.6 Å². The molecule has 0 saturated carbocycles. The van der Waals surface area contributed by atoms with E-state index >= 15 is 0 Å². The normalized spacial score (nSPS) is 16.0. The van der Waals surface area contributed by atoms with Gasteiger partial charge >= 0.3 is 0 Å². The van der Waals surface area contributed by atoms with Crippen LogP contribution in [0.25, 0.3) is 10.2 Å². The lowest BCUT2D eigenvalue weighted by Gasteiger charge is -2.33. The Morgan fingerprint density at radius 2 is 1.96 bits per heavy atom. The summed E-state index contributed by atoms with van der Waals surface area (Å²) in [4.78, 5) is 19.0. The zero-order valence-corrected chi connectivity index (χ0v) is 17.7. The van der Waals surface area contributed by atoms with Gasteiger partial charge < -0.3 is 10.6 Å². The molecule has 1 saturated heterocycles. The Labute approximate surface area is 172 Å². The van der Waals surface area contributed by atoms with Gasteiger partial charge in [-0.25, -0.2) is 4.98 Å². The SMILES string of the molecule is CC(N)C1CCN(C(=O)CCCCc2nc3ccccc3s2)CC1.Cl.Cl. The number of aromatic nitrogens is 1. The lowest BCUT2D eigenvalue weighted by molar-refractivity contribution is -0.132. The van der Waals surface area contributed by atoms with E-state index in [1.54, 1.807) is 11.3 Å². The number of hydrogen-bond acceptors (Lipinski definition) is 4. The summed E-state index contributed by atoms with van der Waals surface area (Å²) < 4.78 is 1.25. The smallest absolute Gasteiger partial charge is 0.222 e. The zero-order valence-electron chi connectivity index (χ0n) is 15.2. The largest absolute Gasteiger partial charge is 0.343 e. The fraction of sp³-hybridized carbons (Fsp3) is 0.579. The molecular weight excluding hydrogens is 389 g/mol. The molecule has 0 spiro atoms. The van der Waals surface area contributed by atoms with Gasteiger partial charge in [-0.3, -0.25) is 4.79 Å². The summed E-state index contributed by atoms with van der Waals surface area (Å²) in [5, 5.41) is 1.18. The van der Waals surface area contributed by atoms with Crippen molar-refractivity contribution in [3.05, 3.63) is 29.3 Å². The van der Waals surface area contributed by atoms with Crippen molar-refractivity contribution in [2.24, 2.45) is 11.7 Å². The van der Waals surface area contributed by atoms with Crippen LogP contribution in [0.4, 0.5) is 0 Å². The molecule has 1 unspecified atom stereocenters. The molecule has 2 aromatic rings.